The van der Waals surface area contributed by atoms with E-state index in [-0.39, 0.29) is 11.0 Å². The molecule has 0 atom stereocenters. The molecule has 0 saturated carbocycles. The third-order valence-corrected chi connectivity index (χ3v) is 3.69. The third kappa shape index (κ3) is 3.74. The summed E-state index contributed by atoms with van der Waals surface area (Å²) >= 11 is 1.27. The van der Waals surface area contributed by atoms with E-state index in [1.54, 1.807) is 31.3 Å². The minimum atomic E-state index is -0.681. The van der Waals surface area contributed by atoms with Gasteiger partial charge < -0.3 is 0 Å². The van der Waals surface area contributed by atoms with Crippen LogP contribution in [0.25, 0.3) is 0 Å². The number of halogens is 1. The second-order valence-electron chi connectivity index (χ2n) is 4.13. The molecule has 5 heteroatoms. The third-order valence-electron chi connectivity index (χ3n) is 2.73. The first-order valence-corrected chi connectivity index (χ1v) is 7.11. The van der Waals surface area contributed by atoms with Gasteiger partial charge in [0.15, 0.2) is 0 Å². The van der Waals surface area contributed by atoms with Gasteiger partial charge in [-0.05, 0) is 24.3 Å². The molecule has 0 aliphatic heterocycles. The fourth-order valence-electron chi connectivity index (χ4n) is 1.63. The van der Waals surface area contributed by atoms with Gasteiger partial charge in [0.25, 0.3) is 0 Å². The minimum absolute atomic E-state index is 0.0416. The van der Waals surface area contributed by atoms with E-state index in [1.807, 2.05) is 36.4 Å². The SMILES string of the molecule is CN(C(=O)N(F)CSc1ccccc1)c1ccccc1. The number of carbonyl (C=O) groups excluding carboxylic acids is 1. The first-order valence-electron chi connectivity index (χ1n) is 6.12. The average molecular weight is 290 g/mol. The largest absolute Gasteiger partial charge is 0.353 e. The normalized spacial score (nSPS) is 10.1. The maximum atomic E-state index is 13.8. The van der Waals surface area contributed by atoms with Gasteiger partial charge in [-0.15, -0.1) is 16.9 Å². The van der Waals surface area contributed by atoms with Gasteiger partial charge in [-0.1, -0.05) is 40.9 Å². The summed E-state index contributed by atoms with van der Waals surface area (Å²) in [6, 6.07) is 17.7. The fraction of sp³-hybridized carbons (Fsp3) is 0.133. The Morgan fingerprint density at radius 3 is 2.20 bits per heavy atom. The molecule has 3 nitrogen and oxygen atoms in total. The molecular formula is C15H15FN2OS. The predicted octanol–water partition coefficient (Wildman–Crippen LogP) is 4.18. The molecule has 0 spiro atoms. The highest BCUT2D eigenvalue weighted by Gasteiger charge is 2.18. The maximum Gasteiger partial charge on any atom is 0.353 e. The zero-order valence-electron chi connectivity index (χ0n) is 11.1. The topological polar surface area (TPSA) is 23.6 Å². The molecular weight excluding hydrogens is 275 g/mol. The van der Waals surface area contributed by atoms with Crippen LogP contribution in [0, 0.1) is 0 Å². The highest BCUT2D eigenvalue weighted by Crippen LogP contribution is 2.20. The summed E-state index contributed by atoms with van der Waals surface area (Å²) in [5, 5.41) is 0.213. The molecule has 0 N–H and O–H groups in total. The van der Waals surface area contributed by atoms with Crippen LogP contribution in [-0.4, -0.2) is 24.1 Å². The molecule has 2 aromatic rings. The lowest BCUT2D eigenvalue weighted by atomic mass is 10.3. The molecule has 20 heavy (non-hydrogen) atoms. The van der Waals surface area contributed by atoms with E-state index < -0.39 is 6.03 Å². The molecule has 2 aromatic carbocycles. The van der Waals surface area contributed by atoms with Crippen LogP contribution in [-0.2, 0) is 0 Å². The lowest BCUT2D eigenvalue weighted by Gasteiger charge is -2.21. The molecule has 104 valence electrons. The zero-order valence-corrected chi connectivity index (χ0v) is 11.9. The van der Waals surface area contributed by atoms with E-state index in [1.165, 1.54) is 16.7 Å². The number of rotatable bonds is 4. The van der Waals surface area contributed by atoms with Crippen molar-refractivity contribution in [1.82, 2.24) is 5.12 Å². The first kappa shape index (κ1) is 14.4. The van der Waals surface area contributed by atoms with E-state index in [0.29, 0.717) is 5.69 Å². The Morgan fingerprint density at radius 2 is 1.60 bits per heavy atom. The molecule has 0 unspecified atom stereocenters. The number of para-hydroxylation sites is 1. The quantitative estimate of drug-likeness (QED) is 0.479. The van der Waals surface area contributed by atoms with Crippen LogP contribution in [0.15, 0.2) is 65.6 Å². The number of hydrogen-bond acceptors (Lipinski definition) is 2. The molecule has 0 radical (unpaired) electrons. The van der Waals surface area contributed by atoms with Crippen molar-refractivity contribution >= 4 is 23.5 Å². The predicted molar refractivity (Wildman–Crippen MR) is 80.4 cm³/mol. The second-order valence-corrected chi connectivity index (χ2v) is 5.14. The average Bonchev–Trinajstić information content (AvgIpc) is 2.53. The second kappa shape index (κ2) is 6.96. The van der Waals surface area contributed by atoms with Crippen LogP contribution in [0.3, 0.4) is 0 Å². The molecule has 2 amide bonds. The summed E-state index contributed by atoms with van der Waals surface area (Å²) in [6.07, 6.45) is 0. The smallest absolute Gasteiger partial charge is 0.295 e. The number of hydrogen-bond donors (Lipinski definition) is 0. The van der Waals surface area contributed by atoms with Crippen molar-refractivity contribution in [2.24, 2.45) is 0 Å². The van der Waals surface area contributed by atoms with Gasteiger partial charge in [0.05, 0.1) is 0 Å². The number of benzene rings is 2. The van der Waals surface area contributed by atoms with Gasteiger partial charge >= 0.3 is 6.03 Å². The summed E-state index contributed by atoms with van der Waals surface area (Å²) < 4.78 is 13.8. The Morgan fingerprint density at radius 1 is 1.05 bits per heavy atom. The van der Waals surface area contributed by atoms with Crippen molar-refractivity contribution in [3.05, 3.63) is 60.7 Å². The first-order chi connectivity index (χ1) is 9.68. The molecule has 2 rings (SSSR count). The van der Waals surface area contributed by atoms with Crippen LogP contribution >= 0.6 is 11.8 Å². The van der Waals surface area contributed by atoms with Crippen molar-refractivity contribution in [3.8, 4) is 0 Å². The molecule has 0 aliphatic carbocycles. The molecule has 0 bridgehead atoms. The van der Waals surface area contributed by atoms with Gasteiger partial charge in [-0.3, -0.25) is 4.90 Å². The van der Waals surface area contributed by atoms with Crippen molar-refractivity contribution in [2.45, 2.75) is 4.90 Å². The van der Waals surface area contributed by atoms with Gasteiger partial charge in [0, 0.05) is 17.6 Å². The van der Waals surface area contributed by atoms with Crippen molar-refractivity contribution in [1.29, 1.82) is 0 Å². The zero-order chi connectivity index (χ0) is 14.4. The summed E-state index contributed by atoms with van der Waals surface area (Å²) in [5.41, 5.74) is 0.657. The Balaban J connectivity index is 1.92. The Hall–Kier alpha value is -2.01. The van der Waals surface area contributed by atoms with Crippen LogP contribution in [0.1, 0.15) is 0 Å². The standard InChI is InChI=1S/C15H15FN2OS/c1-17(13-8-4-2-5-9-13)15(19)18(16)12-20-14-10-6-3-7-11-14/h2-11H,12H2,1H3. The van der Waals surface area contributed by atoms with Crippen LogP contribution in [0.5, 0.6) is 0 Å². The number of carbonyl (C=O) groups is 1. The number of urea groups is 1. The summed E-state index contributed by atoms with van der Waals surface area (Å²) in [4.78, 5) is 14.1. The highest BCUT2D eigenvalue weighted by molar-refractivity contribution is 7.99. The van der Waals surface area contributed by atoms with Gasteiger partial charge in [-0.25, -0.2) is 4.79 Å². The van der Waals surface area contributed by atoms with E-state index in [4.69, 9.17) is 0 Å². The van der Waals surface area contributed by atoms with Gasteiger partial charge in [-0.2, -0.15) is 0 Å². The summed E-state index contributed by atoms with van der Waals surface area (Å²) in [7, 11) is 1.55. The Kier molecular flexibility index (Phi) is 5.01. The van der Waals surface area contributed by atoms with Gasteiger partial charge in [0.1, 0.15) is 5.88 Å². The molecule has 0 heterocycles. The van der Waals surface area contributed by atoms with Gasteiger partial charge in [0.2, 0.25) is 0 Å². The molecule has 0 aliphatic rings. The van der Waals surface area contributed by atoms with Crippen molar-refractivity contribution in [3.63, 3.8) is 0 Å². The van der Waals surface area contributed by atoms with Crippen LogP contribution in [0.2, 0.25) is 0 Å². The van der Waals surface area contributed by atoms with Crippen LogP contribution in [0.4, 0.5) is 15.0 Å². The van der Waals surface area contributed by atoms with Crippen LogP contribution < -0.4 is 4.90 Å². The maximum absolute atomic E-state index is 13.8. The fourth-order valence-corrected chi connectivity index (χ4v) is 2.35. The summed E-state index contributed by atoms with van der Waals surface area (Å²) in [6.45, 7) is 0. The van der Waals surface area contributed by atoms with E-state index in [0.717, 1.165) is 4.90 Å². The minimum Gasteiger partial charge on any atom is -0.295 e. The van der Waals surface area contributed by atoms with Crippen molar-refractivity contribution < 1.29 is 9.28 Å². The number of nitrogens with zero attached hydrogens (tertiary/aromatic N) is 2. The molecule has 0 saturated heterocycles. The Labute approximate surface area is 121 Å². The van der Waals surface area contributed by atoms with E-state index in [2.05, 4.69) is 0 Å². The number of amides is 2. The monoisotopic (exact) mass is 290 g/mol. The molecule has 0 aromatic heterocycles. The lowest BCUT2D eigenvalue weighted by Crippen LogP contribution is -2.36. The summed E-state index contributed by atoms with van der Waals surface area (Å²) in [5.74, 6) is -0.0416. The van der Waals surface area contributed by atoms with E-state index in [9.17, 15) is 9.28 Å². The lowest BCUT2D eigenvalue weighted by molar-refractivity contribution is 0.0930. The number of anilines is 1. The Bertz CT molecular complexity index is 550. The highest BCUT2D eigenvalue weighted by atomic mass is 32.2. The molecule has 0 fully saturated rings. The van der Waals surface area contributed by atoms with E-state index >= 15 is 0 Å². The van der Waals surface area contributed by atoms with Crippen molar-refractivity contribution in [2.75, 3.05) is 17.8 Å². The number of thioether (sulfide) groups is 1.